The topological polar surface area (TPSA) is 38.3 Å². The highest BCUT2D eigenvalue weighted by molar-refractivity contribution is 9.10. The van der Waals surface area contributed by atoms with Gasteiger partial charge in [0, 0.05) is 10.2 Å². The van der Waals surface area contributed by atoms with E-state index in [1.165, 1.54) is 0 Å². The van der Waals surface area contributed by atoms with Crippen LogP contribution in [-0.4, -0.2) is 13.0 Å². The number of hydrogen-bond acceptors (Lipinski definition) is 2. The van der Waals surface area contributed by atoms with Gasteiger partial charge in [-0.15, -0.1) is 0 Å². The van der Waals surface area contributed by atoms with Crippen LogP contribution in [0.2, 0.25) is 0 Å². The van der Waals surface area contributed by atoms with E-state index in [4.69, 9.17) is 4.74 Å². The Kier molecular flexibility index (Phi) is 4.11. The van der Waals surface area contributed by atoms with Crippen LogP contribution in [0, 0.1) is 0 Å². The molecule has 0 heterocycles. The quantitative estimate of drug-likeness (QED) is 0.728. The van der Waals surface area contributed by atoms with Crippen molar-refractivity contribution in [3.05, 3.63) is 70.7 Å². The van der Waals surface area contributed by atoms with Gasteiger partial charge in [-0.05, 0) is 41.1 Å². The molecule has 0 saturated carbocycles. The van der Waals surface area contributed by atoms with Crippen LogP contribution in [0.1, 0.15) is 10.4 Å². The number of hydrogen-bond donors (Lipinski definition) is 1. The minimum atomic E-state index is -0.201. The summed E-state index contributed by atoms with van der Waals surface area (Å²) in [4.78, 5) is 12.5. The summed E-state index contributed by atoms with van der Waals surface area (Å²) >= 11 is 3.38. The molecule has 0 fully saturated rings. The Bertz CT molecular complexity index is 845. The summed E-state index contributed by atoms with van der Waals surface area (Å²) in [5, 5.41) is 5.14. The molecule has 0 saturated heterocycles. The van der Waals surface area contributed by atoms with E-state index in [0.29, 0.717) is 11.3 Å². The fraction of sp³-hybridized carbons (Fsp3) is 0.0556. The lowest BCUT2D eigenvalue weighted by Crippen LogP contribution is -2.13. The van der Waals surface area contributed by atoms with Gasteiger partial charge in [0.1, 0.15) is 5.75 Å². The largest absolute Gasteiger partial charge is 0.496 e. The molecule has 0 aromatic heterocycles. The molecule has 0 atom stereocenters. The van der Waals surface area contributed by atoms with Crippen LogP contribution in [0.5, 0.6) is 5.75 Å². The van der Waals surface area contributed by atoms with Crippen molar-refractivity contribution in [2.75, 3.05) is 12.4 Å². The molecule has 3 aromatic carbocycles. The van der Waals surface area contributed by atoms with Crippen LogP contribution in [0.25, 0.3) is 10.8 Å². The normalized spacial score (nSPS) is 10.5. The number of rotatable bonds is 3. The number of nitrogens with one attached hydrogen (secondary N) is 1. The Hall–Kier alpha value is -2.33. The number of benzene rings is 3. The van der Waals surface area contributed by atoms with Gasteiger partial charge in [0.15, 0.2) is 0 Å². The molecule has 110 valence electrons. The zero-order chi connectivity index (χ0) is 15.5. The molecular weight excluding hydrogens is 342 g/mol. The lowest BCUT2D eigenvalue weighted by atomic mass is 10.1. The third-order valence-corrected chi connectivity index (χ3v) is 3.91. The molecular formula is C18H14BrNO2. The van der Waals surface area contributed by atoms with Crippen molar-refractivity contribution in [1.82, 2.24) is 0 Å². The summed E-state index contributed by atoms with van der Waals surface area (Å²) in [6.45, 7) is 0. The Labute approximate surface area is 137 Å². The van der Waals surface area contributed by atoms with Gasteiger partial charge in [0.2, 0.25) is 0 Å². The number of ether oxygens (including phenoxy) is 1. The highest BCUT2D eigenvalue weighted by Gasteiger charge is 2.13. The summed E-state index contributed by atoms with van der Waals surface area (Å²) in [6.07, 6.45) is 0. The fourth-order valence-electron chi connectivity index (χ4n) is 2.32. The van der Waals surface area contributed by atoms with Gasteiger partial charge >= 0.3 is 0 Å². The van der Waals surface area contributed by atoms with Crippen LogP contribution in [0.3, 0.4) is 0 Å². The van der Waals surface area contributed by atoms with E-state index in [1.807, 2.05) is 48.5 Å². The summed E-state index contributed by atoms with van der Waals surface area (Å²) in [6, 6.07) is 19.2. The van der Waals surface area contributed by atoms with E-state index >= 15 is 0 Å². The smallest absolute Gasteiger partial charge is 0.259 e. The molecule has 1 N–H and O–H groups in total. The molecule has 0 unspecified atom stereocenters. The predicted octanol–water partition coefficient (Wildman–Crippen LogP) is 4.86. The lowest BCUT2D eigenvalue weighted by Gasteiger charge is -2.10. The van der Waals surface area contributed by atoms with Crippen molar-refractivity contribution in [3.8, 4) is 5.75 Å². The highest BCUT2D eigenvalue weighted by Crippen LogP contribution is 2.25. The van der Waals surface area contributed by atoms with Crippen LogP contribution < -0.4 is 10.1 Å². The third kappa shape index (κ3) is 2.97. The second-order valence-corrected chi connectivity index (χ2v) is 5.78. The van der Waals surface area contributed by atoms with Gasteiger partial charge in [0.05, 0.1) is 12.7 Å². The molecule has 0 spiro atoms. The van der Waals surface area contributed by atoms with Crippen molar-refractivity contribution in [2.24, 2.45) is 0 Å². The van der Waals surface area contributed by atoms with Crippen molar-refractivity contribution >= 4 is 38.3 Å². The number of amides is 1. The summed E-state index contributed by atoms with van der Waals surface area (Å²) in [5.41, 5.74) is 1.25. The molecule has 0 aliphatic heterocycles. The van der Waals surface area contributed by atoms with E-state index < -0.39 is 0 Å². The first-order valence-corrected chi connectivity index (χ1v) is 7.60. The molecule has 4 heteroatoms. The summed E-state index contributed by atoms with van der Waals surface area (Å²) < 4.78 is 6.08. The van der Waals surface area contributed by atoms with Crippen LogP contribution >= 0.6 is 15.9 Å². The lowest BCUT2D eigenvalue weighted by molar-refractivity contribution is 0.102. The maximum Gasteiger partial charge on any atom is 0.259 e. The minimum absolute atomic E-state index is 0.201. The predicted molar refractivity (Wildman–Crippen MR) is 92.6 cm³/mol. The first kappa shape index (κ1) is 14.6. The Morgan fingerprint density at radius 3 is 2.55 bits per heavy atom. The first-order valence-electron chi connectivity index (χ1n) is 6.81. The maximum atomic E-state index is 12.5. The number of methoxy groups -OCH3 is 1. The van der Waals surface area contributed by atoms with E-state index in [0.717, 1.165) is 20.9 Å². The SMILES string of the molecule is COc1ccc(Br)cc1C(=O)Nc1ccc2ccccc2c1. The molecule has 3 aromatic rings. The van der Waals surface area contributed by atoms with Gasteiger partial charge in [-0.2, -0.15) is 0 Å². The van der Waals surface area contributed by atoms with Crippen molar-refractivity contribution in [1.29, 1.82) is 0 Å². The molecule has 3 nitrogen and oxygen atoms in total. The maximum absolute atomic E-state index is 12.5. The first-order chi connectivity index (χ1) is 10.7. The Morgan fingerprint density at radius 2 is 1.77 bits per heavy atom. The number of carbonyl (C=O) groups excluding carboxylic acids is 1. The van der Waals surface area contributed by atoms with E-state index in [-0.39, 0.29) is 5.91 Å². The molecule has 1 amide bonds. The van der Waals surface area contributed by atoms with Crippen LogP contribution in [0.4, 0.5) is 5.69 Å². The van der Waals surface area contributed by atoms with Crippen molar-refractivity contribution in [3.63, 3.8) is 0 Å². The zero-order valence-corrected chi connectivity index (χ0v) is 13.6. The number of anilines is 1. The van der Waals surface area contributed by atoms with Crippen molar-refractivity contribution < 1.29 is 9.53 Å². The summed E-state index contributed by atoms with van der Waals surface area (Å²) in [7, 11) is 1.55. The van der Waals surface area contributed by atoms with E-state index in [2.05, 4.69) is 21.2 Å². The fourth-order valence-corrected chi connectivity index (χ4v) is 2.68. The van der Waals surface area contributed by atoms with Crippen molar-refractivity contribution in [2.45, 2.75) is 0 Å². The standard InChI is InChI=1S/C18H14BrNO2/c1-22-17-9-7-14(19)11-16(17)18(21)20-15-8-6-12-4-2-3-5-13(12)10-15/h2-11H,1H3,(H,20,21). The molecule has 22 heavy (non-hydrogen) atoms. The average Bonchev–Trinajstić information content (AvgIpc) is 2.54. The average molecular weight is 356 g/mol. The van der Waals surface area contributed by atoms with Gasteiger partial charge in [-0.1, -0.05) is 46.3 Å². The number of fused-ring (bicyclic) bond motifs is 1. The third-order valence-electron chi connectivity index (χ3n) is 3.41. The van der Waals surface area contributed by atoms with Crippen LogP contribution in [0.15, 0.2) is 65.1 Å². The van der Waals surface area contributed by atoms with Gasteiger partial charge in [-0.25, -0.2) is 0 Å². The molecule has 0 aliphatic rings. The van der Waals surface area contributed by atoms with Gasteiger partial charge in [-0.3, -0.25) is 4.79 Å². The number of carbonyl (C=O) groups is 1. The Morgan fingerprint density at radius 1 is 1.00 bits per heavy atom. The van der Waals surface area contributed by atoms with Gasteiger partial charge in [0.25, 0.3) is 5.91 Å². The Balaban J connectivity index is 1.91. The molecule has 0 bridgehead atoms. The second kappa shape index (κ2) is 6.20. The zero-order valence-electron chi connectivity index (χ0n) is 12.0. The van der Waals surface area contributed by atoms with Crippen LogP contribution in [-0.2, 0) is 0 Å². The molecule has 3 rings (SSSR count). The second-order valence-electron chi connectivity index (χ2n) is 4.86. The molecule has 0 aliphatic carbocycles. The number of halogens is 1. The monoisotopic (exact) mass is 355 g/mol. The molecule has 0 radical (unpaired) electrons. The van der Waals surface area contributed by atoms with Gasteiger partial charge < -0.3 is 10.1 Å². The van der Waals surface area contributed by atoms with E-state index in [9.17, 15) is 4.79 Å². The highest BCUT2D eigenvalue weighted by atomic mass is 79.9. The summed E-state index contributed by atoms with van der Waals surface area (Å²) in [5.74, 6) is 0.343. The van der Waals surface area contributed by atoms with E-state index in [1.54, 1.807) is 19.2 Å². The minimum Gasteiger partial charge on any atom is -0.496 e.